The largest absolute Gasteiger partial charge is 0.454 e. The molecule has 1 aliphatic heterocycles. The minimum absolute atomic E-state index is 0.0977. The number of carbonyl (C=O) groups is 2. The van der Waals surface area contributed by atoms with Gasteiger partial charge >= 0.3 is 5.97 Å². The number of nitrogens with one attached hydrogen (secondary N) is 1. The van der Waals surface area contributed by atoms with Crippen LogP contribution in [0.5, 0.6) is 0 Å². The van der Waals surface area contributed by atoms with Gasteiger partial charge in [0.05, 0.1) is 25.4 Å². The third-order valence-corrected chi connectivity index (χ3v) is 14.8. The predicted molar refractivity (Wildman–Crippen MR) is 329 cm³/mol. The summed E-state index contributed by atoms with van der Waals surface area (Å²) in [5.74, 6) is -1.22. The summed E-state index contributed by atoms with van der Waals surface area (Å²) in [7, 11) is 0. The van der Waals surface area contributed by atoms with E-state index >= 15 is 0 Å². The van der Waals surface area contributed by atoms with Crippen LogP contribution in [-0.4, -0.2) is 99.6 Å². The molecule has 1 amide bonds. The van der Waals surface area contributed by atoms with Crippen molar-refractivity contribution in [3.8, 4) is 0 Å². The lowest BCUT2D eigenvalue weighted by Gasteiger charge is -2.41. The van der Waals surface area contributed by atoms with Crippen molar-refractivity contribution in [1.29, 1.82) is 0 Å². The van der Waals surface area contributed by atoms with E-state index in [1.54, 1.807) is 6.08 Å². The van der Waals surface area contributed by atoms with E-state index in [9.17, 15) is 35.1 Å². The van der Waals surface area contributed by atoms with Crippen molar-refractivity contribution in [3.63, 3.8) is 0 Å². The molecule has 1 aliphatic rings. The van der Waals surface area contributed by atoms with Gasteiger partial charge in [-0.1, -0.05) is 254 Å². The van der Waals surface area contributed by atoms with Crippen LogP contribution in [0, 0.1) is 0 Å². The van der Waals surface area contributed by atoms with Crippen LogP contribution in [-0.2, 0) is 23.8 Å². The SMILES string of the molecule is CC/C=C\C/C=C\C/C=C\C/C=C\C/C=C\CCCCCCCC(=O)OC1C(OCC(NC(=O)C(O)CCCCCCCC/C=C/CCCCCCCC)C(O)/C=C/CCCCCCCCCCCCC)OC(CO)C(O)C1O. The number of allylic oxidation sites excluding steroid dienone is 13. The lowest BCUT2D eigenvalue weighted by molar-refractivity contribution is -0.305. The van der Waals surface area contributed by atoms with Crippen molar-refractivity contribution in [2.75, 3.05) is 13.2 Å². The predicted octanol–water partition coefficient (Wildman–Crippen LogP) is 15.7. The van der Waals surface area contributed by atoms with Crippen LogP contribution >= 0.6 is 0 Å². The van der Waals surface area contributed by atoms with Gasteiger partial charge in [0.2, 0.25) is 5.91 Å². The number of amides is 1. The van der Waals surface area contributed by atoms with Gasteiger partial charge in [-0.25, -0.2) is 0 Å². The summed E-state index contributed by atoms with van der Waals surface area (Å²) >= 11 is 0. The van der Waals surface area contributed by atoms with Crippen LogP contribution in [0.25, 0.3) is 0 Å². The summed E-state index contributed by atoms with van der Waals surface area (Å²) in [6.07, 6.45) is 61.8. The molecule has 0 radical (unpaired) electrons. The summed E-state index contributed by atoms with van der Waals surface area (Å²) in [6, 6.07) is -1.03. The Morgan fingerprint density at radius 3 is 1.38 bits per heavy atom. The average molecular weight is 1110 g/mol. The summed E-state index contributed by atoms with van der Waals surface area (Å²) in [5, 5.41) is 57.1. The first-order valence-electron chi connectivity index (χ1n) is 32.4. The number of unbranched alkanes of at least 4 members (excludes halogenated alkanes) is 28. The number of aliphatic hydroxyl groups is 5. The van der Waals surface area contributed by atoms with Crippen LogP contribution in [0.3, 0.4) is 0 Å². The third kappa shape index (κ3) is 43.2. The second kappa shape index (κ2) is 55.4. The maximum atomic E-state index is 13.4. The Morgan fingerprint density at radius 1 is 0.506 bits per heavy atom. The van der Waals surface area contributed by atoms with Gasteiger partial charge in [0.1, 0.15) is 24.4 Å². The van der Waals surface area contributed by atoms with Crippen LogP contribution in [0.1, 0.15) is 271 Å². The minimum Gasteiger partial charge on any atom is -0.454 e. The summed E-state index contributed by atoms with van der Waals surface area (Å²) < 4.78 is 17.6. The standard InChI is InChI=1S/C68H119NO10/c1-4-7-10-13-16-19-22-25-27-29-30-31-32-33-35-38-41-44-47-50-53-56-63(73)79-66-65(75)64(74)62(57-70)78-68(66)77-58-59(60(71)54-51-48-45-42-39-36-24-21-18-15-12-9-6-3)69-67(76)61(72)55-52-49-46-43-40-37-34-28-26-23-20-17-14-11-8-5-2/h7,10,16,19,25-28,30-31,33,35,51,54,59-62,64-66,68,70-72,74-75H,4-6,8-9,11-15,17-18,20-24,29,32,34,36-50,52-53,55-58H2,1-3H3,(H,69,76)/b10-7-,19-16-,27-25-,28-26+,31-30-,35-33-,54-51+. The van der Waals surface area contributed by atoms with Gasteiger partial charge in [-0.15, -0.1) is 0 Å². The number of rotatable bonds is 54. The zero-order valence-corrected chi connectivity index (χ0v) is 50.5. The van der Waals surface area contributed by atoms with Gasteiger partial charge in [0.25, 0.3) is 0 Å². The van der Waals surface area contributed by atoms with E-state index in [0.29, 0.717) is 12.8 Å². The number of carbonyl (C=O) groups excluding carboxylic acids is 2. The summed E-state index contributed by atoms with van der Waals surface area (Å²) in [5.41, 5.74) is 0. The zero-order chi connectivity index (χ0) is 57.5. The van der Waals surface area contributed by atoms with E-state index in [1.165, 1.54) is 109 Å². The van der Waals surface area contributed by atoms with Gasteiger partial charge < -0.3 is 45.1 Å². The molecule has 0 aliphatic carbocycles. The Kier molecular flexibility index (Phi) is 51.8. The number of ether oxygens (including phenoxy) is 3. The molecule has 0 bridgehead atoms. The van der Waals surface area contributed by atoms with Crippen molar-refractivity contribution in [2.24, 2.45) is 0 Å². The molecule has 0 spiro atoms. The molecule has 11 nitrogen and oxygen atoms in total. The fourth-order valence-corrected chi connectivity index (χ4v) is 9.67. The lowest BCUT2D eigenvalue weighted by atomic mass is 9.99. The molecule has 0 aromatic carbocycles. The van der Waals surface area contributed by atoms with Crippen LogP contribution in [0.2, 0.25) is 0 Å². The lowest BCUT2D eigenvalue weighted by Crippen LogP contribution is -2.61. The van der Waals surface area contributed by atoms with E-state index in [2.05, 4.69) is 99.0 Å². The Hall–Kier alpha value is -3.16. The molecular formula is C68H119NO10. The quantitative estimate of drug-likeness (QED) is 0.0195. The van der Waals surface area contributed by atoms with Gasteiger partial charge in [-0.05, 0) is 96.3 Å². The normalized spacial score (nSPS) is 19.4. The van der Waals surface area contributed by atoms with Crippen molar-refractivity contribution < 1.29 is 49.3 Å². The maximum Gasteiger partial charge on any atom is 0.306 e. The molecule has 6 N–H and O–H groups in total. The molecule has 1 heterocycles. The Labute approximate surface area is 483 Å². The molecule has 0 aromatic heterocycles. The molecule has 0 aromatic rings. The number of esters is 1. The molecule has 11 heteroatoms. The first-order chi connectivity index (χ1) is 38.7. The number of hydrogen-bond donors (Lipinski definition) is 6. The third-order valence-electron chi connectivity index (χ3n) is 14.8. The molecule has 0 saturated carbocycles. The van der Waals surface area contributed by atoms with E-state index in [0.717, 1.165) is 116 Å². The number of aliphatic hydroxyl groups excluding tert-OH is 5. The Morgan fingerprint density at radius 2 is 0.911 bits per heavy atom. The highest BCUT2D eigenvalue weighted by molar-refractivity contribution is 5.80. The Balaban J connectivity index is 2.68. The zero-order valence-electron chi connectivity index (χ0n) is 50.5. The average Bonchev–Trinajstić information content (AvgIpc) is 3.49. The topological polar surface area (TPSA) is 175 Å². The van der Waals surface area contributed by atoms with Crippen molar-refractivity contribution >= 4 is 11.9 Å². The Bertz CT molecular complexity index is 1610. The van der Waals surface area contributed by atoms with Crippen molar-refractivity contribution in [1.82, 2.24) is 5.32 Å². The van der Waals surface area contributed by atoms with E-state index in [1.807, 2.05) is 6.08 Å². The minimum atomic E-state index is -1.63. The smallest absolute Gasteiger partial charge is 0.306 e. The molecule has 8 unspecified atom stereocenters. The van der Waals surface area contributed by atoms with Crippen molar-refractivity contribution in [3.05, 3.63) is 85.1 Å². The fourth-order valence-electron chi connectivity index (χ4n) is 9.67. The first kappa shape index (κ1) is 73.9. The van der Waals surface area contributed by atoms with Gasteiger partial charge in [-0.3, -0.25) is 9.59 Å². The van der Waals surface area contributed by atoms with E-state index < -0.39 is 67.4 Å². The highest BCUT2D eigenvalue weighted by atomic mass is 16.7. The van der Waals surface area contributed by atoms with E-state index in [-0.39, 0.29) is 19.4 Å². The molecule has 1 rings (SSSR count). The molecular weight excluding hydrogens is 991 g/mol. The molecule has 79 heavy (non-hydrogen) atoms. The summed E-state index contributed by atoms with van der Waals surface area (Å²) in [6.45, 7) is 5.67. The maximum absolute atomic E-state index is 13.4. The van der Waals surface area contributed by atoms with E-state index in [4.69, 9.17) is 14.2 Å². The number of hydrogen-bond acceptors (Lipinski definition) is 10. The van der Waals surface area contributed by atoms with Crippen LogP contribution in [0.4, 0.5) is 0 Å². The molecule has 8 atom stereocenters. The van der Waals surface area contributed by atoms with Crippen LogP contribution in [0.15, 0.2) is 85.1 Å². The second-order valence-corrected chi connectivity index (χ2v) is 22.1. The van der Waals surface area contributed by atoms with Gasteiger partial charge in [-0.2, -0.15) is 0 Å². The monoisotopic (exact) mass is 1110 g/mol. The van der Waals surface area contributed by atoms with Crippen LogP contribution < -0.4 is 5.32 Å². The highest BCUT2D eigenvalue weighted by Crippen LogP contribution is 2.26. The second-order valence-electron chi connectivity index (χ2n) is 22.1. The van der Waals surface area contributed by atoms with Gasteiger partial charge in [0, 0.05) is 6.42 Å². The highest BCUT2D eigenvalue weighted by Gasteiger charge is 2.47. The van der Waals surface area contributed by atoms with Crippen molar-refractivity contribution in [2.45, 2.75) is 320 Å². The molecule has 1 fully saturated rings. The van der Waals surface area contributed by atoms with Gasteiger partial charge in [0.15, 0.2) is 12.4 Å². The first-order valence-corrected chi connectivity index (χ1v) is 32.4. The molecule has 1 saturated heterocycles. The molecule has 456 valence electrons. The summed E-state index contributed by atoms with van der Waals surface area (Å²) in [4.78, 5) is 26.6. The fraction of sp³-hybridized carbons (Fsp3) is 0.765.